The van der Waals surface area contributed by atoms with Crippen LogP contribution in [0.3, 0.4) is 0 Å². The third-order valence-electron chi connectivity index (χ3n) is 2.00. The maximum absolute atomic E-state index is 11.3. The molecule has 1 unspecified atom stereocenters. The van der Waals surface area contributed by atoms with Gasteiger partial charge in [-0.15, -0.1) is 0 Å². The van der Waals surface area contributed by atoms with Crippen molar-refractivity contribution in [3.63, 3.8) is 0 Å². The number of esters is 1. The van der Waals surface area contributed by atoms with E-state index in [1.165, 1.54) is 6.21 Å². The summed E-state index contributed by atoms with van der Waals surface area (Å²) < 4.78 is 4.81. The lowest BCUT2D eigenvalue weighted by molar-refractivity contribution is -0.144. The molecule has 1 aromatic rings. The minimum Gasteiger partial charge on any atom is -0.507 e. The van der Waals surface area contributed by atoms with Crippen molar-refractivity contribution in [3.8, 4) is 5.75 Å². The van der Waals surface area contributed by atoms with Gasteiger partial charge in [0.15, 0.2) is 0 Å². The fourth-order valence-corrected chi connectivity index (χ4v) is 1.11. The Labute approximate surface area is 94.6 Å². The topological polar surface area (TPSA) is 58.9 Å². The molecule has 0 saturated carbocycles. The Hall–Kier alpha value is -1.84. The second-order valence-electron chi connectivity index (χ2n) is 3.27. The summed E-state index contributed by atoms with van der Waals surface area (Å²) in [7, 11) is 0. The molecule has 0 fully saturated rings. The number of phenols is 1. The van der Waals surface area contributed by atoms with Crippen LogP contribution in [0.25, 0.3) is 0 Å². The van der Waals surface area contributed by atoms with Crippen LogP contribution >= 0.6 is 0 Å². The number of nitrogens with zero attached hydrogens (tertiary/aromatic N) is 1. The van der Waals surface area contributed by atoms with Crippen molar-refractivity contribution in [2.24, 2.45) is 4.99 Å². The van der Waals surface area contributed by atoms with Crippen molar-refractivity contribution in [1.82, 2.24) is 0 Å². The molecule has 86 valence electrons. The predicted molar refractivity (Wildman–Crippen MR) is 61.8 cm³/mol. The minimum absolute atomic E-state index is 0.141. The maximum atomic E-state index is 11.3. The van der Waals surface area contributed by atoms with E-state index in [0.29, 0.717) is 12.2 Å². The molecule has 0 aliphatic heterocycles. The fraction of sp³-hybridized carbons (Fsp3) is 0.333. The van der Waals surface area contributed by atoms with Gasteiger partial charge in [-0.25, -0.2) is 4.79 Å². The number of para-hydroxylation sites is 1. The first kappa shape index (κ1) is 12.2. The van der Waals surface area contributed by atoms with Gasteiger partial charge in [0.2, 0.25) is 0 Å². The molecule has 0 amide bonds. The van der Waals surface area contributed by atoms with Crippen molar-refractivity contribution in [2.45, 2.75) is 19.9 Å². The number of carbonyl (C=O) groups excluding carboxylic acids is 1. The van der Waals surface area contributed by atoms with Gasteiger partial charge < -0.3 is 9.84 Å². The molecule has 0 aliphatic carbocycles. The van der Waals surface area contributed by atoms with Gasteiger partial charge in [0, 0.05) is 11.8 Å². The van der Waals surface area contributed by atoms with Crippen LogP contribution in [0.15, 0.2) is 29.3 Å². The quantitative estimate of drug-likeness (QED) is 0.622. The first-order valence-corrected chi connectivity index (χ1v) is 5.13. The molecule has 0 aromatic heterocycles. The van der Waals surface area contributed by atoms with E-state index in [4.69, 9.17) is 4.74 Å². The molecule has 0 radical (unpaired) electrons. The van der Waals surface area contributed by atoms with E-state index < -0.39 is 6.04 Å². The largest absolute Gasteiger partial charge is 0.507 e. The van der Waals surface area contributed by atoms with Gasteiger partial charge in [-0.3, -0.25) is 4.99 Å². The van der Waals surface area contributed by atoms with Crippen LogP contribution in [0.1, 0.15) is 19.4 Å². The number of phenolic OH excluding ortho intramolecular Hbond substituents is 1. The van der Waals surface area contributed by atoms with Crippen LogP contribution in [-0.2, 0) is 9.53 Å². The second-order valence-corrected chi connectivity index (χ2v) is 3.27. The Balaban J connectivity index is 2.67. The van der Waals surface area contributed by atoms with Crippen molar-refractivity contribution < 1.29 is 14.6 Å². The lowest BCUT2D eigenvalue weighted by Gasteiger charge is -2.05. The molecular weight excluding hydrogens is 206 g/mol. The smallest absolute Gasteiger partial charge is 0.330 e. The van der Waals surface area contributed by atoms with Gasteiger partial charge in [0.05, 0.1) is 6.61 Å². The van der Waals surface area contributed by atoms with E-state index in [2.05, 4.69) is 4.99 Å². The Kier molecular flexibility index (Phi) is 4.51. The summed E-state index contributed by atoms with van der Waals surface area (Å²) in [6.45, 7) is 3.74. The number of hydrogen-bond acceptors (Lipinski definition) is 4. The third-order valence-corrected chi connectivity index (χ3v) is 2.00. The van der Waals surface area contributed by atoms with Crippen molar-refractivity contribution in [2.75, 3.05) is 6.61 Å². The summed E-state index contributed by atoms with van der Waals surface area (Å²) in [5.41, 5.74) is 0.582. The van der Waals surface area contributed by atoms with E-state index in [0.717, 1.165) is 0 Å². The van der Waals surface area contributed by atoms with Crippen LogP contribution in [0, 0.1) is 0 Å². The molecule has 16 heavy (non-hydrogen) atoms. The molecule has 1 N–H and O–H groups in total. The molecule has 1 aromatic carbocycles. The zero-order valence-electron chi connectivity index (χ0n) is 9.38. The standard InChI is InChI=1S/C12H15NO3/c1-3-16-12(15)9(2)13-8-10-6-4-5-7-11(10)14/h4-9,14H,3H2,1-2H3. The summed E-state index contributed by atoms with van der Waals surface area (Å²) in [4.78, 5) is 15.3. The van der Waals surface area contributed by atoms with Crippen LogP contribution in [0.4, 0.5) is 0 Å². The molecule has 0 bridgehead atoms. The maximum Gasteiger partial charge on any atom is 0.330 e. The lowest BCUT2D eigenvalue weighted by Crippen LogP contribution is -2.18. The molecule has 4 heteroatoms. The van der Waals surface area contributed by atoms with E-state index in [-0.39, 0.29) is 11.7 Å². The number of ether oxygens (including phenoxy) is 1. The van der Waals surface area contributed by atoms with Crippen LogP contribution in [-0.4, -0.2) is 29.9 Å². The summed E-state index contributed by atoms with van der Waals surface area (Å²) in [5, 5.41) is 9.46. The van der Waals surface area contributed by atoms with Crippen molar-refractivity contribution >= 4 is 12.2 Å². The monoisotopic (exact) mass is 221 g/mol. The molecule has 0 spiro atoms. The molecule has 0 heterocycles. The third kappa shape index (κ3) is 3.38. The Morgan fingerprint density at radius 3 is 2.88 bits per heavy atom. The number of hydrogen-bond donors (Lipinski definition) is 1. The average molecular weight is 221 g/mol. The van der Waals surface area contributed by atoms with Gasteiger partial charge in [0.1, 0.15) is 11.8 Å². The van der Waals surface area contributed by atoms with E-state index in [1.807, 2.05) is 0 Å². The van der Waals surface area contributed by atoms with Crippen LogP contribution in [0.2, 0.25) is 0 Å². The summed E-state index contributed by atoms with van der Waals surface area (Å²) in [5.74, 6) is -0.225. The zero-order valence-corrected chi connectivity index (χ0v) is 9.38. The zero-order chi connectivity index (χ0) is 12.0. The molecule has 0 saturated heterocycles. The molecular formula is C12H15NO3. The number of rotatable bonds is 4. The average Bonchev–Trinajstić information content (AvgIpc) is 2.28. The molecule has 4 nitrogen and oxygen atoms in total. The highest BCUT2D eigenvalue weighted by molar-refractivity contribution is 5.86. The van der Waals surface area contributed by atoms with Crippen molar-refractivity contribution in [1.29, 1.82) is 0 Å². The number of carbonyl (C=O) groups is 1. The Morgan fingerprint density at radius 2 is 2.25 bits per heavy atom. The normalized spacial score (nSPS) is 12.6. The first-order valence-electron chi connectivity index (χ1n) is 5.13. The van der Waals surface area contributed by atoms with E-state index >= 15 is 0 Å². The molecule has 0 aliphatic rings. The Morgan fingerprint density at radius 1 is 1.56 bits per heavy atom. The lowest BCUT2D eigenvalue weighted by atomic mass is 10.2. The Bertz CT molecular complexity index is 388. The van der Waals surface area contributed by atoms with E-state index in [9.17, 15) is 9.90 Å². The van der Waals surface area contributed by atoms with Gasteiger partial charge in [-0.2, -0.15) is 0 Å². The first-order chi connectivity index (χ1) is 7.65. The minimum atomic E-state index is -0.556. The van der Waals surface area contributed by atoms with Crippen LogP contribution < -0.4 is 0 Å². The van der Waals surface area contributed by atoms with Gasteiger partial charge in [-0.05, 0) is 26.0 Å². The van der Waals surface area contributed by atoms with Gasteiger partial charge in [-0.1, -0.05) is 12.1 Å². The number of benzene rings is 1. The highest BCUT2D eigenvalue weighted by Gasteiger charge is 2.10. The highest BCUT2D eigenvalue weighted by Crippen LogP contribution is 2.13. The van der Waals surface area contributed by atoms with Crippen LogP contribution in [0.5, 0.6) is 5.75 Å². The molecule has 1 atom stereocenters. The summed E-state index contributed by atoms with van der Waals surface area (Å²) in [6.07, 6.45) is 1.47. The number of aliphatic imine (C=N–C) groups is 1. The second kappa shape index (κ2) is 5.90. The highest BCUT2D eigenvalue weighted by atomic mass is 16.5. The summed E-state index contributed by atoms with van der Waals surface area (Å²) >= 11 is 0. The van der Waals surface area contributed by atoms with Gasteiger partial charge >= 0.3 is 5.97 Å². The fourth-order valence-electron chi connectivity index (χ4n) is 1.11. The molecule has 1 rings (SSSR count). The summed E-state index contributed by atoms with van der Waals surface area (Å²) in [6, 6.07) is 6.24. The van der Waals surface area contributed by atoms with Crippen molar-refractivity contribution in [3.05, 3.63) is 29.8 Å². The number of aromatic hydroxyl groups is 1. The SMILES string of the molecule is CCOC(=O)C(C)N=Cc1ccccc1O. The predicted octanol–water partition coefficient (Wildman–Crippen LogP) is 1.76. The van der Waals surface area contributed by atoms with E-state index in [1.54, 1.807) is 38.1 Å². The van der Waals surface area contributed by atoms with Gasteiger partial charge in [0.25, 0.3) is 0 Å².